The molecule has 6 heteroatoms. The standard InChI is InChI=1S/C20H22N2O2S2/c1-14-3-7-16(8-4-14)11-25-20-21-18-12-26(23,24)13-19(18)22(20)17-9-5-15(2)6-10-17/h3-10,18-19H,11-13H2,1-2H3/t18-,19-/m0/s1. The molecule has 0 bridgehead atoms. The number of hydrogen-bond acceptors (Lipinski definition) is 5. The highest BCUT2D eigenvalue weighted by Crippen LogP contribution is 2.36. The number of anilines is 1. The summed E-state index contributed by atoms with van der Waals surface area (Å²) in [7, 11) is -3.01. The van der Waals surface area contributed by atoms with E-state index in [2.05, 4.69) is 67.3 Å². The average Bonchev–Trinajstić information content (AvgIpc) is 3.06. The van der Waals surface area contributed by atoms with Crippen molar-refractivity contribution in [2.45, 2.75) is 31.7 Å². The molecule has 4 rings (SSSR count). The summed E-state index contributed by atoms with van der Waals surface area (Å²) in [5.41, 5.74) is 4.71. The van der Waals surface area contributed by atoms with Gasteiger partial charge >= 0.3 is 0 Å². The lowest BCUT2D eigenvalue weighted by Crippen LogP contribution is -2.39. The molecule has 4 nitrogen and oxygen atoms in total. The van der Waals surface area contributed by atoms with Gasteiger partial charge in [-0.05, 0) is 31.5 Å². The summed E-state index contributed by atoms with van der Waals surface area (Å²) in [5.74, 6) is 1.17. The molecule has 2 atom stereocenters. The molecule has 2 aromatic rings. The normalized spacial score (nSPS) is 23.8. The lowest BCUT2D eigenvalue weighted by molar-refractivity contribution is 0.601. The number of aliphatic imine (C=N–C) groups is 1. The van der Waals surface area contributed by atoms with Crippen LogP contribution in [0.1, 0.15) is 16.7 Å². The van der Waals surface area contributed by atoms with Gasteiger partial charge in [-0.15, -0.1) is 0 Å². The number of nitrogens with zero attached hydrogens (tertiary/aromatic N) is 2. The van der Waals surface area contributed by atoms with Crippen molar-refractivity contribution in [2.24, 2.45) is 4.99 Å². The third kappa shape index (κ3) is 3.53. The lowest BCUT2D eigenvalue weighted by atomic mass is 10.1. The van der Waals surface area contributed by atoms with E-state index in [-0.39, 0.29) is 23.6 Å². The van der Waals surface area contributed by atoms with Gasteiger partial charge < -0.3 is 4.90 Å². The number of amidine groups is 1. The number of benzene rings is 2. The Labute approximate surface area is 159 Å². The van der Waals surface area contributed by atoms with E-state index in [0.717, 1.165) is 16.6 Å². The van der Waals surface area contributed by atoms with Crippen LogP contribution in [0, 0.1) is 13.8 Å². The van der Waals surface area contributed by atoms with Gasteiger partial charge in [0, 0.05) is 11.4 Å². The highest BCUT2D eigenvalue weighted by atomic mass is 32.2. The minimum absolute atomic E-state index is 0.0803. The van der Waals surface area contributed by atoms with Gasteiger partial charge in [-0.1, -0.05) is 59.3 Å². The van der Waals surface area contributed by atoms with Crippen LogP contribution in [0.3, 0.4) is 0 Å². The van der Waals surface area contributed by atoms with E-state index >= 15 is 0 Å². The quantitative estimate of drug-likeness (QED) is 0.809. The molecule has 0 unspecified atom stereocenters. The number of fused-ring (bicyclic) bond motifs is 1. The van der Waals surface area contributed by atoms with Gasteiger partial charge in [-0.2, -0.15) is 0 Å². The summed E-state index contributed by atoms with van der Waals surface area (Å²) in [4.78, 5) is 6.92. The zero-order valence-electron chi connectivity index (χ0n) is 14.9. The van der Waals surface area contributed by atoms with Crippen LogP contribution >= 0.6 is 11.8 Å². The van der Waals surface area contributed by atoms with Crippen LogP contribution in [0.5, 0.6) is 0 Å². The van der Waals surface area contributed by atoms with Crippen LogP contribution in [-0.4, -0.2) is 37.2 Å². The van der Waals surface area contributed by atoms with Crippen LogP contribution in [0.15, 0.2) is 53.5 Å². The molecule has 26 heavy (non-hydrogen) atoms. The van der Waals surface area contributed by atoms with E-state index in [1.165, 1.54) is 16.7 Å². The predicted molar refractivity (Wildman–Crippen MR) is 110 cm³/mol. The highest BCUT2D eigenvalue weighted by molar-refractivity contribution is 8.13. The number of rotatable bonds is 3. The molecule has 2 aromatic carbocycles. The molecular formula is C20H22N2O2S2. The monoisotopic (exact) mass is 386 g/mol. The fourth-order valence-electron chi connectivity index (χ4n) is 3.47. The molecule has 0 aromatic heterocycles. The molecule has 136 valence electrons. The molecule has 2 aliphatic rings. The maximum atomic E-state index is 12.1. The van der Waals surface area contributed by atoms with Gasteiger partial charge in [0.05, 0.1) is 23.6 Å². The van der Waals surface area contributed by atoms with Crippen LogP contribution in [0.2, 0.25) is 0 Å². The first-order valence-corrected chi connectivity index (χ1v) is 11.5. The first-order chi connectivity index (χ1) is 12.4. The van der Waals surface area contributed by atoms with Crippen molar-refractivity contribution in [2.75, 3.05) is 16.4 Å². The molecule has 1 fully saturated rings. The number of hydrogen-bond donors (Lipinski definition) is 0. The Hall–Kier alpha value is -1.79. The summed E-state index contributed by atoms with van der Waals surface area (Å²) in [5, 5.41) is 0.930. The summed E-state index contributed by atoms with van der Waals surface area (Å²) in [6.07, 6.45) is 0. The van der Waals surface area contributed by atoms with Gasteiger partial charge in [-0.25, -0.2) is 8.42 Å². The molecule has 1 saturated heterocycles. The van der Waals surface area contributed by atoms with Crippen LogP contribution in [-0.2, 0) is 15.6 Å². The first kappa shape index (κ1) is 17.6. The molecule has 0 amide bonds. The van der Waals surface area contributed by atoms with Crippen molar-refractivity contribution in [3.05, 3.63) is 65.2 Å². The van der Waals surface area contributed by atoms with Crippen molar-refractivity contribution in [1.29, 1.82) is 0 Å². The van der Waals surface area contributed by atoms with E-state index in [1.807, 2.05) is 0 Å². The van der Waals surface area contributed by atoms with Crippen LogP contribution in [0.4, 0.5) is 5.69 Å². The van der Waals surface area contributed by atoms with Gasteiger partial charge in [0.1, 0.15) is 0 Å². The van der Waals surface area contributed by atoms with Crippen LogP contribution < -0.4 is 4.90 Å². The lowest BCUT2D eigenvalue weighted by Gasteiger charge is -2.26. The Morgan fingerprint density at radius 2 is 1.62 bits per heavy atom. The molecule has 2 heterocycles. The van der Waals surface area contributed by atoms with E-state index in [9.17, 15) is 8.42 Å². The second kappa shape index (κ2) is 6.74. The first-order valence-electron chi connectivity index (χ1n) is 8.74. The molecule has 0 N–H and O–H groups in total. The second-order valence-electron chi connectivity index (χ2n) is 7.10. The van der Waals surface area contributed by atoms with Crippen molar-refractivity contribution < 1.29 is 8.42 Å². The van der Waals surface area contributed by atoms with Gasteiger partial charge in [-0.3, -0.25) is 4.99 Å². The molecule has 2 aliphatic heterocycles. The fraction of sp³-hybridized carbons (Fsp3) is 0.350. The zero-order chi connectivity index (χ0) is 18.3. The second-order valence-corrected chi connectivity index (χ2v) is 10.2. The topological polar surface area (TPSA) is 49.7 Å². The SMILES string of the molecule is Cc1ccc(CSC2=N[C@H]3CS(=O)(=O)C[C@@H]3N2c2ccc(C)cc2)cc1. The van der Waals surface area contributed by atoms with E-state index in [4.69, 9.17) is 4.99 Å². The van der Waals surface area contributed by atoms with E-state index < -0.39 is 9.84 Å². The largest absolute Gasteiger partial charge is 0.315 e. The Balaban J connectivity index is 1.60. The predicted octanol–water partition coefficient (Wildman–Crippen LogP) is 3.58. The number of aryl methyl sites for hydroxylation is 2. The van der Waals surface area contributed by atoms with Gasteiger partial charge in [0.25, 0.3) is 0 Å². The van der Waals surface area contributed by atoms with Gasteiger partial charge in [0.2, 0.25) is 0 Å². The van der Waals surface area contributed by atoms with E-state index in [0.29, 0.717) is 0 Å². The van der Waals surface area contributed by atoms with Crippen molar-refractivity contribution >= 4 is 32.5 Å². The van der Waals surface area contributed by atoms with Crippen LogP contribution in [0.25, 0.3) is 0 Å². The summed E-state index contributed by atoms with van der Waals surface area (Å²) < 4.78 is 24.2. The molecule has 0 aliphatic carbocycles. The zero-order valence-corrected chi connectivity index (χ0v) is 16.6. The molecule has 0 radical (unpaired) electrons. The van der Waals surface area contributed by atoms with Gasteiger partial charge in [0.15, 0.2) is 15.0 Å². The molecular weight excluding hydrogens is 364 g/mol. The third-order valence-electron chi connectivity index (χ3n) is 4.91. The maximum Gasteiger partial charge on any atom is 0.164 e. The van der Waals surface area contributed by atoms with E-state index in [1.54, 1.807) is 11.8 Å². The molecule has 0 spiro atoms. The summed E-state index contributed by atoms with van der Waals surface area (Å²) in [6.45, 7) is 4.14. The Kier molecular flexibility index (Phi) is 4.57. The average molecular weight is 387 g/mol. The number of sulfone groups is 1. The minimum Gasteiger partial charge on any atom is -0.315 e. The van der Waals surface area contributed by atoms with Crippen molar-refractivity contribution in [3.8, 4) is 0 Å². The third-order valence-corrected chi connectivity index (χ3v) is 7.64. The smallest absolute Gasteiger partial charge is 0.164 e. The Bertz CT molecular complexity index is 935. The maximum absolute atomic E-state index is 12.1. The minimum atomic E-state index is -3.01. The fourth-order valence-corrected chi connectivity index (χ4v) is 6.40. The Morgan fingerprint density at radius 3 is 2.27 bits per heavy atom. The van der Waals surface area contributed by atoms with Crippen molar-refractivity contribution in [3.63, 3.8) is 0 Å². The number of thioether (sulfide) groups is 1. The summed E-state index contributed by atoms with van der Waals surface area (Å²) in [6, 6.07) is 16.5. The summed E-state index contributed by atoms with van der Waals surface area (Å²) >= 11 is 1.69. The Morgan fingerprint density at radius 1 is 1.00 bits per heavy atom. The van der Waals surface area contributed by atoms with Crippen molar-refractivity contribution in [1.82, 2.24) is 0 Å². The highest BCUT2D eigenvalue weighted by Gasteiger charge is 2.47. The molecule has 0 saturated carbocycles.